The molecule has 0 aromatic heterocycles. The Hall–Kier alpha value is -0.600. The van der Waals surface area contributed by atoms with Gasteiger partial charge in [-0.05, 0) is 37.3 Å². The maximum Gasteiger partial charge on any atom is 0.0207 e. The summed E-state index contributed by atoms with van der Waals surface area (Å²) in [5, 5.41) is 0. The van der Waals surface area contributed by atoms with Gasteiger partial charge in [0.1, 0.15) is 0 Å². The van der Waals surface area contributed by atoms with E-state index < -0.39 is 0 Å². The lowest BCUT2D eigenvalue weighted by atomic mass is 10.0. The quantitative estimate of drug-likeness (QED) is 0.556. The smallest absolute Gasteiger partial charge is 0.0207 e. The van der Waals surface area contributed by atoms with E-state index in [0.29, 0.717) is 0 Å². The molecule has 0 radical (unpaired) electrons. The highest BCUT2D eigenvalue weighted by molar-refractivity contribution is 9.10. The number of hydrogen-bond acceptors (Lipinski definition) is 1. The minimum Gasteiger partial charge on any atom is -0.327 e. The van der Waals surface area contributed by atoms with Gasteiger partial charge in [-0.1, -0.05) is 53.0 Å². The first kappa shape index (κ1) is 14.5. The zero-order valence-corrected chi connectivity index (χ0v) is 12.0. The normalized spacial score (nSPS) is 12.4. The molecule has 0 spiro atoms. The molecule has 0 amide bonds. The summed E-state index contributed by atoms with van der Waals surface area (Å²) in [4.78, 5) is 0. The third-order valence-electron chi connectivity index (χ3n) is 2.92. The van der Waals surface area contributed by atoms with Gasteiger partial charge >= 0.3 is 0 Å². The fraction of sp³-hybridized carbons (Fsp3) is 0.467. The van der Waals surface area contributed by atoms with Gasteiger partial charge in [0.05, 0.1) is 0 Å². The summed E-state index contributed by atoms with van der Waals surface area (Å²) in [5.41, 5.74) is 7.46. The lowest BCUT2D eigenvalue weighted by Gasteiger charge is -2.12. The summed E-state index contributed by atoms with van der Waals surface area (Å²) in [7, 11) is 0. The van der Waals surface area contributed by atoms with Crippen molar-refractivity contribution in [1.29, 1.82) is 0 Å². The van der Waals surface area contributed by atoms with Gasteiger partial charge in [-0.2, -0.15) is 0 Å². The molecule has 0 heterocycles. The van der Waals surface area contributed by atoms with Crippen LogP contribution >= 0.6 is 15.9 Å². The summed E-state index contributed by atoms with van der Waals surface area (Å²) in [5.74, 6) is 0. The first-order chi connectivity index (χ1) is 8.24. The monoisotopic (exact) mass is 295 g/mol. The van der Waals surface area contributed by atoms with Gasteiger partial charge in [0, 0.05) is 10.5 Å². The number of halogens is 1. The van der Waals surface area contributed by atoms with Gasteiger partial charge < -0.3 is 5.73 Å². The zero-order chi connectivity index (χ0) is 12.5. The maximum absolute atomic E-state index is 6.15. The molecule has 1 aromatic carbocycles. The maximum atomic E-state index is 6.15. The molecule has 0 fully saturated rings. The largest absolute Gasteiger partial charge is 0.327 e. The van der Waals surface area contributed by atoms with Gasteiger partial charge in [0.25, 0.3) is 0 Å². The Bertz CT molecular complexity index is 335. The molecule has 1 rings (SSSR count). The van der Waals surface area contributed by atoms with E-state index in [0.717, 1.165) is 19.3 Å². The van der Waals surface area contributed by atoms with Crippen LogP contribution in [0.3, 0.4) is 0 Å². The lowest BCUT2D eigenvalue weighted by Crippen LogP contribution is -2.22. The van der Waals surface area contributed by atoms with Crippen LogP contribution in [0, 0.1) is 0 Å². The fourth-order valence-corrected chi connectivity index (χ4v) is 2.37. The van der Waals surface area contributed by atoms with Crippen molar-refractivity contribution in [2.24, 2.45) is 5.73 Å². The average Bonchev–Trinajstić information content (AvgIpc) is 2.32. The predicted octanol–water partition coefficient (Wildman–Crippen LogP) is 4.46. The Balaban J connectivity index is 2.23. The van der Waals surface area contributed by atoms with Crippen molar-refractivity contribution in [3.05, 3.63) is 47.0 Å². The topological polar surface area (TPSA) is 26.0 Å². The van der Waals surface area contributed by atoms with E-state index in [4.69, 9.17) is 5.73 Å². The molecular weight excluding hydrogens is 274 g/mol. The van der Waals surface area contributed by atoms with Crippen LogP contribution in [0.25, 0.3) is 0 Å². The van der Waals surface area contributed by atoms with Crippen LogP contribution in [0.1, 0.15) is 37.7 Å². The molecule has 0 aliphatic heterocycles. The summed E-state index contributed by atoms with van der Waals surface area (Å²) >= 11 is 3.56. The fourth-order valence-electron chi connectivity index (χ4n) is 1.92. The third kappa shape index (κ3) is 6.04. The zero-order valence-electron chi connectivity index (χ0n) is 10.4. The molecule has 0 aliphatic carbocycles. The van der Waals surface area contributed by atoms with Crippen molar-refractivity contribution in [2.75, 3.05) is 0 Å². The van der Waals surface area contributed by atoms with Crippen molar-refractivity contribution in [3.8, 4) is 0 Å². The highest BCUT2D eigenvalue weighted by atomic mass is 79.9. The molecule has 0 saturated carbocycles. The third-order valence-corrected chi connectivity index (χ3v) is 3.70. The van der Waals surface area contributed by atoms with Crippen molar-refractivity contribution >= 4 is 15.9 Å². The second kappa shape index (κ2) is 8.48. The van der Waals surface area contributed by atoms with E-state index >= 15 is 0 Å². The molecule has 0 aliphatic rings. The van der Waals surface area contributed by atoms with Crippen LogP contribution in [0.4, 0.5) is 0 Å². The van der Waals surface area contributed by atoms with Crippen LogP contribution in [0.5, 0.6) is 0 Å². The van der Waals surface area contributed by atoms with E-state index in [-0.39, 0.29) is 6.04 Å². The summed E-state index contributed by atoms with van der Waals surface area (Å²) in [6, 6.07) is 8.59. The van der Waals surface area contributed by atoms with Gasteiger partial charge in [0.15, 0.2) is 0 Å². The molecule has 0 saturated heterocycles. The van der Waals surface area contributed by atoms with Gasteiger partial charge in [-0.15, -0.1) is 6.58 Å². The highest BCUT2D eigenvalue weighted by Gasteiger charge is 2.06. The number of hydrogen-bond donors (Lipinski definition) is 1. The summed E-state index contributed by atoms with van der Waals surface area (Å²) < 4.78 is 1.17. The Morgan fingerprint density at radius 3 is 2.71 bits per heavy atom. The molecule has 94 valence electrons. The van der Waals surface area contributed by atoms with Crippen molar-refractivity contribution in [1.82, 2.24) is 0 Å². The number of nitrogens with two attached hydrogens (primary N) is 1. The number of rotatable bonds is 8. The van der Waals surface area contributed by atoms with Crippen LogP contribution in [0.15, 0.2) is 41.4 Å². The van der Waals surface area contributed by atoms with Gasteiger partial charge in [-0.3, -0.25) is 0 Å². The minimum absolute atomic E-state index is 0.275. The molecule has 2 heteroatoms. The Morgan fingerprint density at radius 1 is 1.24 bits per heavy atom. The molecule has 1 unspecified atom stereocenters. The molecule has 17 heavy (non-hydrogen) atoms. The Kier molecular flexibility index (Phi) is 7.22. The Labute approximate surface area is 113 Å². The van der Waals surface area contributed by atoms with E-state index in [2.05, 4.69) is 40.7 Å². The van der Waals surface area contributed by atoms with Crippen LogP contribution in [0.2, 0.25) is 0 Å². The summed E-state index contributed by atoms with van der Waals surface area (Å²) in [6.45, 7) is 3.73. The average molecular weight is 296 g/mol. The van der Waals surface area contributed by atoms with Gasteiger partial charge in [0.2, 0.25) is 0 Å². The molecule has 0 bridgehead atoms. The number of allylic oxidation sites excluding steroid dienone is 1. The molecule has 1 nitrogen and oxygen atoms in total. The number of benzene rings is 1. The SMILES string of the molecule is C=CCCCCCC(N)Cc1ccccc1Br. The van der Waals surface area contributed by atoms with Crippen molar-refractivity contribution < 1.29 is 0 Å². The molecule has 2 N–H and O–H groups in total. The minimum atomic E-state index is 0.275. The highest BCUT2D eigenvalue weighted by Crippen LogP contribution is 2.18. The lowest BCUT2D eigenvalue weighted by molar-refractivity contribution is 0.550. The number of unbranched alkanes of at least 4 members (excludes halogenated alkanes) is 3. The van der Waals surface area contributed by atoms with Crippen molar-refractivity contribution in [3.63, 3.8) is 0 Å². The Morgan fingerprint density at radius 2 is 2.00 bits per heavy atom. The first-order valence-electron chi connectivity index (χ1n) is 6.34. The van der Waals surface area contributed by atoms with E-state index in [1.165, 1.54) is 29.3 Å². The van der Waals surface area contributed by atoms with Crippen LogP contribution < -0.4 is 5.73 Å². The molecular formula is C15H22BrN. The van der Waals surface area contributed by atoms with E-state index in [1.54, 1.807) is 0 Å². The van der Waals surface area contributed by atoms with Gasteiger partial charge in [-0.25, -0.2) is 0 Å². The molecule has 1 atom stereocenters. The predicted molar refractivity (Wildman–Crippen MR) is 79.1 cm³/mol. The first-order valence-corrected chi connectivity index (χ1v) is 7.13. The van der Waals surface area contributed by atoms with Crippen LogP contribution in [-0.4, -0.2) is 6.04 Å². The van der Waals surface area contributed by atoms with Crippen molar-refractivity contribution in [2.45, 2.75) is 44.6 Å². The standard InChI is InChI=1S/C15H22BrN/c1-2-3-4-5-6-10-14(17)12-13-9-7-8-11-15(13)16/h2,7-9,11,14H,1,3-6,10,12,17H2. The van der Waals surface area contributed by atoms with Crippen LogP contribution in [-0.2, 0) is 6.42 Å². The van der Waals surface area contributed by atoms with E-state index in [1.807, 2.05) is 12.1 Å². The second-order valence-corrected chi connectivity index (χ2v) is 5.34. The molecule has 1 aromatic rings. The van der Waals surface area contributed by atoms with E-state index in [9.17, 15) is 0 Å². The second-order valence-electron chi connectivity index (χ2n) is 4.48. The summed E-state index contributed by atoms with van der Waals surface area (Å²) in [6.07, 6.45) is 8.90.